The molecular weight excluding hydrogens is 1050 g/mol. The zero-order valence-electron chi connectivity index (χ0n) is 36.0. The van der Waals surface area contributed by atoms with Crippen LogP contribution in [0.1, 0.15) is 55.9 Å². The lowest BCUT2D eigenvalue weighted by Crippen LogP contribution is -2.03. The van der Waals surface area contributed by atoms with Gasteiger partial charge in [-0.2, -0.15) is 14.6 Å². The van der Waals surface area contributed by atoms with Gasteiger partial charge in [-0.3, -0.25) is 9.36 Å². The van der Waals surface area contributed by atoms with Crippen LogP contribution in [0.15, 0.2) is 94.7 Å². The highest BCUT2D eigenvalue weighted by molar-refractivity contribution is 9.10. The number of nitrogens with zero attached hydrogens (tertiary/aromatic N) is 10. The second kappa shape index (κ2) is 23.0. The van der Waals surface area contributed by atoms with E-state index in [0.717, 1.165) is 73.4 Å². The van der Waals surface area contributed by atoms with Crippen LogP contribution < -0.4 is 4.74 Å². The van der Waals surface area contributed by atoms with E-state index in [9.17, 15) is 38.5 Å². The van der Waals surface area contributed by atoms with Crippen molar-refractivity contribution in [3.63, 3.8) is 0 Å². The number of halogens is 5. The summed E-state index contributed by atoms with van der Waals surface area (Å²) in [5.74, 6) is -2.90. The average Bonchev–Trinajstić information content (AvgIpc) is 4.11. The highest BCUT2D eigenvalue weighted by atomic mass is 79.9. The van der Waals surface area contributed by atoms with Crippen molar-refractivity contribution in [3.05, 3.63) is 174 Å². The van der Waals surface area contributed by atoms with Crippen LogP contribution in [-0.2, 0) is 39.1 Å². The molecule has 0 amide bonds. The van der Waals surface area contributed by atoms with Gasteiger partial charge in [-0.1, -0.05) is 0 Å². The van der Waals surface area contributed by atoms with Gasteiger partial charge in [0.15, 0.2) is 12.4 Å². The first-order valence-corrected chi connectivity index (χ1v) is 23.3. The summed E-state index contributed by atoms with van der Waals surface area (Å²) >= 11 is 9.35. The lowest BCUT2D eigenvalue weighted by atomic mass is 10.0. The molecule has 0 unspecified atom stereocenters. The summed E-state index contributed by atoms with van der Waals surface area (Å²) in [6, 6.07) is 11.3. The van der Waals surface area contributed by atoms with Crippen molar-refractivity contribution in [2.24, 2.45) is 0 Å². The van der Waals surface area contributed by atoms with Gasteiger partial charge in [-0.25, -0.2) is 18.7 Å². The normalized spacial score (nSPS) is 10.8. The van der Waals surface area contributed by atoms with Crippen LogP contribution >= 0.6 is 54.5 Å². The predicted octanol–water partition coefficient (Wildman–Crippen LogP) is 11.2. The van der Waals surface area contributed by atoms with Crippen molar-refractivity contribution in [1.29, 1.82) is 0 Å². The third-order valence-electron chi connectivity index (χ3n) is 9.49. The van der Waals surface area contributed by atoms with Gasteiger partial charge in [-0.15, -0.1) is 22.7 Å². The van der Waals surface area contributed by atoms with Crippen LogP contribution in [0.3, 0.4) is 0 Å². The largest absolute Gasteiger partial charge is 0.481 e. The van der Waals surface area contributed by atoms with E-state index < -0.39 is 33.1 Å². The van der Waals surface area contributed by atoms with Crippen LogP contribution in [0, 0.1) is 51.5 Å². The second-order valence-electron chi connectivity index (χ2n) is 14.3. The molecular formula is C44H39Br2F3N10O6S2. The Bertz CT molecular complexity index is 3040. The Morgan fingerprint density at radius 2 is 1.18 bits per heavy atom. The number of aliphatic hydroxyl groups is 1. The Kier molecular flexibility index (Phi) is 17.2. The van der Waals surface area contributed by atoms with E-state index in [2.05, 4.69) is 57.0 Å². The minimum absolute atomic E-state index is 0.00810. The third-order valence-corrected chi connectivity index (χ3v) is 12.3. The molecule has 67 heavy (non-hydrogen) atoms. The summed E-state index contributed by atoms with van der Waals surface area (Å²) < 4.78 is 50.5. The van der Waals surface area contributed by atoms with Gasteiger partial charge in [0, 0.05) is 76.9 Å². The lowest BCUT2D eigenvalue weighted by Gasteiger charge is -2.12. The molecule has 2 aromatic carbocycles. The smallest absolute Gasteiger partial charge is 0.406 e. The lowest BCUT2D eigenvalue weighted by molar-refractivity contribution is -0.392. The zero-order valence-corrected chi connectivity index (χ0v) is 40.8. The van der Waals surface area contributed by atoms with Crippen molar-refractivity contribution in [1.82, 2.24) is 39.5 Å². The fourth-order valence-electron chi connectivity index (χ4n) is 6.50. The Morgan fingerprint density at radius 3 is 1.64 bits per heavy atom. The maximum atomic E-state index is 14.1. The third kappa shape index (κ3) is 13.2. The Balaban J connectivity index is 0.000000188. The van der Waals surface area contributed by atoms with Gasteiger partial charge >= 0.3 is 11.6 Å². The summed E-state index contributed by atoms with van der Waals surface area (Å²) in [6.45, 7) is 9.26. The molecule has 0 aliphatic rings. The summed E-state index contributed by atoms with van der Waals surface area (Å²) in [6.07, 6.45) is 11.6. The quantitative estimate of drug-likeness (QED) is 0.0798. The Labute approximate surface area is 405 Å². The molecule has 1 N–H and O–H groups in total. The van der Waals surface area contributed by atoms with Gasteiger partial charge in [0.25, 0.3) is 0 Å². The molecule has 0 atom stereocenters. The summed E-state index contributed by atoms with van der Waals surface area (Å²) in [7, 11) is 0. The van der Waals surface area contributed by atoms with Crippen LogP contribution in [0.2, 0.25) is 0 Å². The minimum atomic E-state index is -0.940. The molecule has 0 saturated carbocycles. The molecule has 0 fully saturated rings. The molecule has 0 saturated heterocycles. The van der Waals surface area contributed by atoms with Gasteiger partial charge in [0.1, 0.15) is 18.2 Å². The molecule has 0 spiro atoms. The molecule has 23 heteroatoms. The molecule has 0 radical (unpaired) electrons. The molecule has 8 rings (SSSR count). The first-order valence-electron chi connectivity index (χ1n) is 20.1. The molecule has 16 nitrogen and oxygen atoms in total. The fraction of sp³-hybridized carbons (Fsp3) is 0.227. The number of thiazole rings is 2. The number of rotatable bonds is 14. The van der Waals surface area contributed by atoms with Crippen molar-refractivity contribution in [2.75, 3.05) is 0 Å². The molecule has 6 aromatic heterocycles. The molecule has 0 bridgehead atoms. The molecule has 8 aromatic rings. The van der Waals surface area contributed by atoms with Crippen molar-refractivity contribution in [3.8, 4) is 28.3 Å². The van der Waals surface area contributed by atoms with E-state index in [1.54, 1.807) is 34.8 Å². The Hall–Kier alpha value is -6.27. The van der Waals surface area contributed by atoms with Crippen LogP contribution in [0.25, 0.3) is 22.5 Å². The topological polar surface area (TPSA) is 203 Å². The molecule has 348 valence electrons. The predicted molar refractivity (Wildman–Crippen MR) is 253 cm³/mol. The number of hydrogen-bond acceptors (Lipinski definition) is 14. The number of benzene rings is 2. The first kappa shape index (κ1) is 50.1. The number of aromatic nitrogens is 8. The monoisotopic (exact) mass is 1080 g/mol. The fourth-order valence-corrected chi connectivity index (χ4v) is 9.08. The molecule has 0 aliphatic heterocycles. The van der Waals surface area contributed by atoms with Crippen LogP contribution in [-0.4, -0.2) is 54.5 Å². The Morgan fingerprint density at radius 1 is 0.701 bits per heavy atom. The molecule has 0 aliphatic carbocycles. The maximum absolute atomic E-state index is 14.1. The van der Waals surface area contributed by atoms with Crippen molar-refractivity contribution >= 4 is 66.2 Å². The summed E-state index contributed by atoms with van der Waals surface area (Å²) in [4.78, 5) is 38.3. The van der Waals surface area contributed by atoms with Crippen LogP contribution in [0.4, 0.5) is 24.8 Å². The average molecular weight is 1080 g/mol. The maximum Gasteiger partial charge on any atom is 0.406 e. The van der Waals surface area contributed by atoms with E-state index in [-0.39, 0.29) is 24.8 Å². The van der Waals surface area contributed by atoms with E-state index in [1.165, 1.54) is 42.7 Å². The number of nitro groups is 2. The first-order chi connectivity index (χ1) is 32.0. The highest BCUT2D eigenvalue weighted by Gasteiger charge is 2.22. The van der Waals surface area contributed by atoms with Gasteiger partial charge in [0.05, 0.1) is 49.3 Å². The number of ether oxygens (including phenoxy) is 1. The highest BCUT2D eigenvalue weighted by Crippen LogP contribution is 2.36. The second-order valence-corrected chi connectivity index (χ2v) is 18.7. The van der Waals surface area contributed by atoms with Crippen LogP contribution in [0.5, 0.6) is 5.75 Å². The number of pyridine rings is 2. The SMILES string of the molecule is CCn1cc(Cc2sc(C)nc2-c2ccc(F)cc2CO)cn1.CCn1cc(Cc2sc(C)nc2-c2ccc(F)cc2COc2cc(Br)cnc2[N+](=O)[O-])cn1.O=[N+]([O-])c1ncc(Br)cc1F. The van der Waals surface area contributed by atoms with E-state index in [0.29, 0.717) is 32.1 Å². The van der Waals surface area contributed by atoms with Crippen molar-refractivity contribution < 1.29 is 32.9 Å². The minimum Gasteiger partial charge on any atom is -0.481 e. The molecule has 6 heterocycles. The van der Waals surface area contributed by atoms with E-state index in [4.69, 9.17) is 9.72 Å². The number of aliphatic hydroxyl groups excluding tert-OH is 1. The number of aryl methyl sites for hydroxylation is 4. The van der Waals surface area contributed by atoms with Gasteiger partial charge < -0.3 is 30.1 Å². The summed E-state index contributed by atoms with van der Waals surface area (Å²) in [5.41, 5.74) is 6.31. The van der Waals surface area contributed by atoms with Gasteiger partial charge in [-0.05, 0) is 132 Å². The number of hydrogen-bond donors (Lipinski definition) is 1. The zero-order chi connectivity index (χ0) is 48.4. The van der Waals surface area contributed by atoms with Crippen molar-refractivity contribution in [2.45, 2.75) is 66.8 Å². The van der Waals surface area contributed by atoms with Gasteiger partial charge in [0.2, 0.25) is 11.6 Å². The summed E-state index contributed by atoms with van der Waals surface area (Å²) in [5, 5.41) is 41.3. The van der Waals surface area contributed by atoms with E-state index >= 15 is 0 Å². The van der Waals surface area contributed by atoms with E-state index in [1.807, 2.05) is 61.8 Å². The standard InChI is InChI=1S/C22H19BrFN5O3S.C17H18FN3OS.C5H2BrFN2O2/c1-3-28-11-14(9-26-28)6-20-21(27-13(2)33-20)18-5-4-17(24)7-15(18)12-32-19-8-16(23)10-25-22(19)29(30)31;1-3-21-9-12(8-19-21)6-16-17(20-11(2)23-16)15-5-4-14(18)7-13(15)10-22;6-3-1-4(7)5(8-2-3)9(10)11/h4-5,7-11H,3,6,12H2,1-2H3;4-5,7-9,22H,3,6,10H2,1-2H3;1-2H.